The van der Waals surface area contributed by atoms with Gasteiger partial charge in [0.2, 0.25) is 5.91 Å². The molecule has 174 valence electrons. The summed E-state index contributed by atoms with van der Waals surface area (Å²) in [6, 6.07) is 12.4. The van der Waals surface area contributed by atoms with E-state index in [4.69, 9.17) is 14.0 Å². The van der Waals surface area contributed by atoms with Gasteiger partial charge < -0.3 is 24.6 Å². The van der Waals surface area contributed by atoms with Crippen molar-refractivity contribution in [1.82, 2.24) is 10.5 Å². The Morgan fingerprint density at radius 2 is 1.79 bits per heavy atom. The Bertz CT molecular complexity index is 1100. The fourth-order valence-electron chi connectivity index (χ4n) is 3.06. The number of amides is 2. The van der Waals surface area contributed by atoms with Crippen LogP contribution in [0.2, 0.25) is 0 Å². The van der Waals surface area contributed by atoms with Crippen LogP contribution >= 0.6 is 0 Å². The van der Waals surface area contributed by atoms with E-state index >= 15 is 0 Å². The van der Waals surface area contributed by atoms with Crippen molar-refractivity contribution in [3.63, 3.8) is 0 Å². The summed E-state index contributed by atoms with van der Waals surface area (Å²) < 4.78 is 16.4. The molecule has 0 saturated carbocycles. The van der Waals surface area contributed by atoms with Gasteiger partial charge in [-0.05, 0) is 49.7 Å². The van der Waals surface area contributed by atoms with E-state index in [1.165, 1.54) is 7.11 Å². The molecule has 2 aromatic carbocycles. The average molecular weight is 452 g/mol. The van der Waals surface area contributed by atoms with E-state index in [9.17, 15) is 9.59 Å². The normalized spacial score (nSPS) is 10.7. The molecule has 3 rings (SSSR count). The molecule has 0 aliphatic rings. The maximum absolute atomic E-state index is 12.6. The van der Waals surface area contributed by atoms with Gasteiger partial charge in [0.1, 0.15) is 12.4 Å². The van der Waals surface area contributed by atoms with Crippen molar-refractivity contribution >= 4 is 17.5 Å². The Labute approximate surface area is 193 Å². The van der Waals surface area contributed by atoms with E-state index in [1.807, 2.05) is 52.0 Å². The number of hydrogen-bond acceptors (Lipinski definition) is 6. The van der Waals surface area contributed by atoms with Crippen LogP contribution < -0.4 is 20.1 Å². The number of hydrogen-bond donors (Lipinski definition) is 2. The molecule has 2 N–H and O–H groups in total. The molecule has 0 fully saturated rings. The number of carbonyl (C=O) groups excluding carboxylic acids is 2. The van der Waals surface area contributed by atoms with Gasteiger partial charge in [0.25, 0.3) is 5.91 Å². The Morgan fingerprint density at radius 3 is 2.39 bits per heavy atom. The number of anilines is 1. The lowest BCUT2D eigenvalue weighted by Crippen LogP contribution is -2.23. The van der Waals surface area contributed by atoms with Crippen molar-refractivity contribution in [3.05, 3.63) is 70.6 Å². The number of aromatic nitrogens is 1. The number of aryl methyl sites for hydroxylation is 2. The van der Waals surface area contributed by atoms with E-state index in [0.717, 1.165) is 22.5 Å². The minimum absolute atomic E-state index is 0.0378. The summed E-state index contributed by atoms with van der Waals surface area (Å²) >= 11 is 0. The number of nitrogens with one attached hydrogen (secondary N) is 2. The Hall–Kier alpha value is -3.81. The second-order valence-electron chi connectivity index (χ2n) is 7.98. The molecule has 0 aliphatic carbocycles. The van der Waals surface area contributed by atoms with E-state index in [1.54, 1.807) is 18.2 Å². The van der Waals surface area contributed by atoms with Crippen molar-refractivity contribution in [1.29, 1.82) is 0 Å². The molecular formula is C25H29N3O5. The zero-order chi connectivity index (χ0) is 24.0. The van der Waals surface area contributed by atoms with Gasteiger partial charge >= 0.3 is 0 Å². The number of methoxy groups -OCH3 is 1. The lowest BCUT2D eigenvalue weighted by molar-refractivity contribution is -0.118. The van der Waals surface area contributed by atoms with Crippen LogP contribution in [0.25, 0.3) is 0 Å². The molecule has 3 aromatic rings. The Kier molecular flexibility index (Phi) is 7.71. The van der Waals surface area contributed by atoms with Crippen LogP contribution in [0, 0.1) is 19.8 Å². The molecule has 0 atom stereocenters. The summed E-state index contributed by atoms with van der Waals surface area (Å²) in [6.45, 7) is 8.01. The number of ether oxygens (including phenoxy) is 2. The van der Waals surface area contributed by atoms with Crippen molar-refractivity contribution in [2.75, 3.05) is 12.4 Å². The van der Waals surface area contributed by atoms with Crippen LogP contribution in [0.5, 0.6) is 11.5 Å². The van der Waals surface area contributed by atoms with Crippen LogP contribution in [0.15, 0.2) is 47.0 Å². The predicted molar refractivity (Wildman–Crippen MR) is 124 cm³/mol. The molecule has 0 spiro atoms. The lowest BCUT2D eigenvalue weighted by atomic mass is 10.1. The number of nitrogens with zero attached hydrogens (tertiary/aromatic N) is 1. The topological polar surface area (TPSA) is 103 Å². The summed E-state index contributed by atoms with van der Waals surface area (Å²) in [5.41, 5.74) is 3.75. The van der Waals surface area contributed by atoms with Crippen molar-refractivity contribution in [2.45, 2.75) is 40.8 Å². The van der Waals surface area contributed by atoms with E-state index in [-0.39, 0.29) is 24.3 Å². The Balaban J connectivity index is 1.59. The summed E-state index contributed by atoms with van der Waals surface area (Å²) in [5, 5.41) is 9.65. The van der Waals surface area contributed by atoms with Gasteiger partial charge in [-0.2, -0.15) is 0 Å². The molecule has 8 heteroatoms. The standard InChI is InChI=1S/C25H29N3O5/c1-15(2)24(29)27-20-9-6-18(7-10-20)13-26-25(30)19-8-11-22(23(12-19)31-5)32-14-21-16(3)28-33-17(21)4/h6-12,15H,13-14H2,1-5H3,(H,26,30)(H,27,29). The maximum Gasteiger partial charge on any atom is 0.251 e. The van der Waals surface area contributed by atoms with Gasteiger partial charge in [-0.15, -0.1) is 0 Å². The van der Waals surface area contributed by atoms with Gasteiger partial charge in [-0.3, -0.25) is 9.59 Å². The van der Waals surface area contributed by atoms with Crippen molar-refractivity contribution < 1.29 is 23.6 Å². The minimum atomic E-state index is -0.234. The summed E-state index contributed by atoms with van der Waals surface area (Å²) in [4.78, 5) is 24.4. The minimum Gasteiger partial charge on any atom is -0.493 e. The van der Waals surface area contributed by atoms with Gasteiger partial charge in [0.15, 0.2) is 11.5 Å². The fourth-order valence-corrected chi connectivity index (χ4v) is 3.06. The molecule has 0 radical (unpaired) electrons. The monoisotopic (exact) mass is 451 g/mol. The first-order valence-electron chi connectivity index (χ1n) is 10.7. The smallest absolute Gasteiger partial charge is 0.251 e. The highest BCUT2D eigenvalue weighted by Gasteiger charge is 2.14. The highest BCUT2D eigenvalue weighted by molar-refractivity contribution is 5.95. The molecule has 0 saturated heterocycles. The highest BCUT2D eigenvalue weighted by Crippen LogP contribution is 2.29. The van der Waals surface area contributed by atoms with Crippen molar-refractivity contribution in [2.24, 2.45) is 5.92 Å². The van der Waals surface area contributed by atoms with Crippen LogP contribution in [-0.2, 0) is 17.9 Å². The first-order chi connectivity index (χ1) is 15.8. The third-order valence-electron chi connectivity index (χ3n) is 5.18. The molecule has 8 nitrogen and oxygen atoms in total. The van der Waals surface area contributed by atoms with Crippen LogP contribution in [0.4, 0.5) is 5.69 Å². The second-order valence-corrected chi connectivity index (χ2v) is 7.98. The van der Waals surface area contributed by atoms with Gasteiger partial charge in [0.05, 0.1) is 18.4 Å². The molecule has 0 unspecified atom stereocenters. The number of rotatable bonds is 9. The molecular weight excluding hydrogens is 422 g/mol. The number of benzene rings is 2. The fraction of sp³-hybridized carbons (Fsp3) is 0.320. The van der Waals surface area contributed by atoms with Gasteiger partial charge in [0, 0.05) is 23.7 Å². The SMILES string of the molecule is COc1cc(C(=O)NCc2ccc(NC(=O)C(C)C)cc2)ccc1OCc1c(C)noc1C. The first kappa shape index (κ1) is 23.8. The van der Waals surface area contributed by atoms with Gasteiger partial charge in [-0.25, -0.2) is 0 Å². The van der Waals surface area contributed by atoms with Crippen LogP contribution in [0.1, 0.15) is 46.8 Å². The largest absolute Gasteiger partial charge is 0.493 e. The van der Waals surface area contributed by atoms with E-state index in [2.05, 4.69) is 15.8 Å². The molecule has 2 amide bonds. The zero-order valence-electron chi connectivity index (χ0n) is 19.5. The average Bonchev–Trinajstić information content (AvgIpc) is 3.13. The molecule has 0 bridgehead atoms. The zero-order valence-corrected chi connectivity index (χ0v) is 19.5. The Morgan fingerprint density at radius 1 is 1.06 bits per heavy atom. The molecule has 33 heavy (non-hydrogen) atoms. The summed E-state index contributed by atoms with van der Waals surface area (Å²) in [7, 11) is 1.53. The van der Waals surface area contributed by atoms with E-state index in [0.29, 0.717) is 29.4 Å². The second kappa shape index (κ2) is 10.7. The molecule has 1 heterocycles. The number of carbonyl (C=O) groups is 2. The molecule has 0 aliphatic heterocycles. The summed E-state index contributed by atoms with van der Waals surface area (Å²) in [5.74, 6) is 1.33. The predicted octanol–water partition coefficient (Wildman–Crippen LogP) is 4.40. The first-order valence-corrected chi connectivity index (χ1v) is 10.7. The molecule has 1 aromatic heterocycles. The van der Waals surface area contributed by atoms with Crippen molar-refractivity contribution in [3.8, 4) is 11.5 Å². The third-order valence-corrected chi connectivity index (χ3v) is 5.18. The summed E-state index contributed by atoms with van der Waals surface area (Å²) in [6.07, 6.45) is 0. The van der Waals surface area contributed by atoms with Crippen LogP contribution in [-0.4, -0.2) is 24.1 Å². The lowest BCUT2D eigenvalue weighted by Gasteiger charge is -2.13. The highest BCUT2D eigenvalue weighted by atomic mass is 16.5. The van der Waals surface area contributed by atoms with Gasteiger partial charge in [-0.1, -0.05) is 31.1 Å². The quantitative estimate of drug-likeness (QED) is 0.500. The van der Waals surface area contributed by atoms with E-state index < -0.39 is 0 Å². The van der Waals surface area contributed by atoms with Crippen LogP contribution in [0.3, 0.4) is 0 Å². The maximum atomic E-state index is 12.6. The third kappa shape index (κ3) is 6.12.